The molecular formula is C29H28Cl2N4. The van der Waals surface area contributed by atoms with E-state index in [2.05, 4.69) is 83.8 Å². The zero-order valence-electron chi connectivity index (χ0n) is 19.9. The van der Waals surface area contributed by atoms with Crippen LogP contribution in [-0.4, -0.2) is 35.0 Å². The first kappa shape index (κ1) is 23.8. The van der Waals surface area contributed by atoms with Crippen LogP contribution < -0.4 is 5.32 Å². The van der Waals surface area contributed by atoms with Crippen LogP contribution in [-0.2, 0) is 12.8 Å². The molecule has 3 aromatic carbocycles. The molecule has 35 heavy (non-hydrogen) atoms. The molecule has 1 heterocycles. The standard InChI is InChI=1S/C29H28Cl2N4/c1-3-35(2)15-14-19-8-11-22(12-9-19)33-29-32-18-21-16-25(20-10-13-26(30)27(31)17-20)23-6-4-5-7-24(23)28(21)34-29/h4-13,17-18,25H,3,14-16H2,1-2H3,(H,32,33,34). The Kier molecular flexibility index (Phi) is 7.05. The number of halogens is 2. The first-order valence-corrected chi connectivity index (χ1v) is 12.7. The zero-order chi connectivity index (χ0) is 24.4. The molecule has 4 nitrogen and oxygen atoms in total. The van der Waals surface area contributed by atoms with Crippen molar-refractivity contribution in [3.05, 3.63) is 105 Å². The summed E-state index contributed by atoms with van der Waals surface area (Å²) in [6.45, 7) is 4.30. The maximum absolute atomic E-state index is 6.34. The molecule has 0 bridgehead atoms. The van der Waals surface area contributed by atoms with Crippen molar-refractivity contribution in [2.45, 2.75) is 25.7 Å². The minimum Gasteiger partial charge on any atom is -0.324 e. The van der Waals surface area contributed by atoms with E-state index in [0.29, 0.717) is 16.0 Å². The molecule has 1 aromatic heterocycles. The van der Waals surface area contributed by atoms with Gasteiger partial charge in [0.25, 0.3) is 0 Å². The average molecular weight is 503 g/mol. The third-order valence-corrected chi connectivity index (χ3v) is 7.50. The fraction of sp³-hybridized carbons (Fsp3) is 0.241. The number of hydrogen-bond donors (Lipinski definition) is 1. The summed E-state index contributed by atoms with van der Waals surface area (Å²) in [7, 11) is 2.15. The van der Waals surface area contributed by atoms with Crippen LogP contribution in [0.5, 0.6) is 0 Å². The quantitative estimate of drug-likeness (QED) is 0.286. The van der Waals surface area contributed by atoms with E-state index < -0.39 is 0 Å². The van der Waals surface area contributed by atoms with Gasteiger partial charge in [0.1, 0.15) is 0 Å². The third-order valence-electron chi connectivity index (χ3n) is 6.76. The molecule has 0 spiro atoms. The van der Waals surface area contributed by atoms with Crippen LogP contribution in [0, 0.1) is 0 Å². The molecule has 0 radical (unpaired) electrons. The monoisotopic (exact) mass is 502 g/mol. The number of nitrogens with zero attached hydrogens (tertiary/aromatic N) is 3. The van der Waals surface area contributed by atoms with Crippen molar-refractivity contribution in [2.24, 2.45) is 0 Å². The Morgan fingerprint density at radius 2 is 1.80 bits per heavy atom. The number of fused-ring (bicyclic) bond motifs is 3. The minimum absolute atomic E-state index is 0.176. The molecule has 0 aliphatic heterocycles. The number of hydrogen-bond acceptors (Lipinski definition) is 4. The Morgan fingerprint density at radius 3 is 2.57 bits per heavy atom. The van der Waals surface area contributed by atoms with Crippen LogP contribution in [0.4, 0.5) is 11.6 Å². The fourth-order valence-electron chi connectivity index (χ4n) is 4.58. The zero-order valence-corrected chi connectivity index (χ0v) is 21.4. The van der Waals surface area contributed by atoms with Gasteiger partial charge in [-0.25, -0.2) is 9.97 Å². The fourth-order valence-corrected chi connectivity index (χ4v) is 4.89. The highest BCUT2D eigenvalue weighted by molar-refractivity contribution is 6.42. The van der Waals surface area contributed by atoms with Crippen LogP contribution in [0.3, 0.4) is 0 Å². The lowest BCUT2D eigenvalue weighted by molar-refractivity contribution is 0.357. The molecule has 1 atom stereocenters. The van der Waals surface area contributed by atoms with Crippen molar-refractivity contribution < 1.29 is 0 Å². The Bertz CT molecular complexity index is 1340. The predicted octanol–water partition coefficient (Wildman–Crippen LogP) is 7.38. The van der Waals surface area contributed by atoms with E-state index in [1.165, 1.54) is 11.1 Å². The van der Waals surface area contributed by atoms with Gasteiger partial charge < -0.3 is 10.2 Å². The highest BCUT2D eigenvalue weighted by Crippen LogP contribution is 2.42. The number of aromatic nitrogens is 2. The van der Waals surface area contributed by atoms with E-state index in [4.69, 9.17) is 28.2 Å². The molecular weight excluding hydrogens is 475 g/mol. The number of likely N-dealkylation sites (N-methyl/N-ethyl adjacent to an activating group) is 1. The van der Waals surface area contributed by atoms with Gasteiger partial charge in [-0.05, 0) is 73.0 Å². The maximum Gasteiger partial charge on any atom is 0.227 e. The largest absolute Gasteiger partial charge is 0.324 e. The summed E-state index contributed by atoms with van der Waals surface area (Å²) in [6, 6.07) is 22.9. The second-order valence-corrected chi connectivity index (χ2v) is 9.87. The molecule has 0 amide bonds. The molecule has 5 rings (SSSR count). The van der Waals surface area contributed by atoms with Gasteiger partial charge in [0, 0.05) is 29.9 Å². The summed E-state index contributed by atoms with van der Waals surface area (Å²) in [4.78, 5) is 11.9. The number of nitrogens with one attached hydrogen (secondary N) is 1. The van der Waals surface area contributed by atoms with Crippen LogP contribution >= 0.6 is 23.2 Å². The van der Waals surface area contributed by atoms with Crippen LogP contribution in [0.15, 0.2) is 72.9 Å². The molecule has 6 heteroatoms. The molecule has 1 N–H and O–H groups in total. The lowest BCUT2D eigenvalue weighted by atomic mass is 9.78. The van der Waals surface area contributed by atoms with Gasteiger partial charge in [-0.3, -0.25) is 0 Å². The summed E-state index contributed by atoms with van der Waals surface area (Å²) in [5, 5.41) is 4.53. The normalized spacial score (nSPS) is 14.5. The molecule has 0 saturated carbocycles. The number of benzene rings is 3. The summed E-state index contributed by atoms with van der Waals surface area (Å²) >= 11 is 12.5. The van der Waals surface area contributed by atoms with Crippen molar-refractivity contribution in [3.63, 3.8) is 0 Å². The van der Waals surface area contributed by atoms with E-state index in [0.717, 1.165) is 54.0 Å². The Labute approximate surface area is 217 Å². The van der Waals surface area contributed by atoms with Gasteiger partial charge in [-0.15, -0.1) is 0 Å². The van der Waals surface area contributed by atoms with Gasteiger partial charge in [0.05, 0.1) is 15.7 Å². The van der Waals surface area contributed by atoms with E-state index in [-0.39, 0.29) is 5.92 Å². The van der Waals surface area contributed by atoms with E-state index >= 15 is 0 Å². The lowest BCUT2D eigenvalue weighted by Gasteiger charge is -2.27. The molecule has 1 aliphatic rings. The highest BCUT2D eigenvalue weighted by atomic mass is 35.5. The SMILES string of the molecule is CCN(C)CCc1ccc(Nc2ncc3c(n2)-c2ccccc2C(c2ccc(Cl)c(Cl)c2)C3)cc1. The van der Waals surface area contributed by atoms with Gasteiger partial charge in [0.2, 0.25) is 5.95 Å². The predicted molar refractivity (Wildman–Crippen MR) is 146 cm³/mol. The highest BCUT2D eigenvalue weighted by Gasteiger charge is 2.27. The van der Waals surface area contributed by atoms with Crippen LogP contribution in [0.25, 0.3) is 11.3 Å². The van der Waals surface area contributed by atoms with Crippen molar-refractivity contribution >= 4 is 34.8 Å². The minimum atomic E-state index is 0.176. The summed E-state index contributed by atoms with van der Waals surface area (Å²) in [5.74, 6) is 0.778. The molecule has 1 aliphatic carbocycles. The van der Waals surface area contributed by atoms with Crippen molar-refractivity contribution in [1.29, 1.82) is 0 Å². The second-order valence-electron chi connectivity index (χ2n) is 9.05. The number of anilines is 2. The Morgan fingerprint density at radius 1 is 1.00 bits per heavy atom. The van der Waals surface area contributed by atoms with Gasteiger partial charge in [0.15, 0.2) is 0 Å². The summed E-state index contributed by atoms with van der Waals surface area (Å²) in [6.07, 6.45) is 3.79. The van der Waals surface area contributed by atoms with Crippen molar-refractivity contribution in [3.8, 4) is 11.3 Å². The summed E-state index contributed by atoms with van der Waals surface area (Å²) < 4.78 is 0. The first-order valence-electron chi connectivity index (χ1n) is 12.0. The van der Waals surface area contributed by atoms with Crippen molar-refractivity contribution in [2.75, 3.05) is 25.5 Å². The third kappa shape index (κ3) is 5.20. The molecule has 4 aromatic rings. The van der Waals surface area contributed by atoms with Crippen LogP contribution in [0.2, 0.25) is 10.0 Å². The molecule has 1 unspecified atom stereocenters. The van der Waals surface area contributed by atoms with E-state index in [1.807, 2.05) is 18.3 Å². The second kappa shape index (κ2) is 10.4. The average Bonchev–Trinajstić information content (AvgIpc) is 2.89. The molecule has 0 fully saturated rings. The smallest absolute Gasteiger partial charge is 0.227 e. The topological polar surface area (TPSA) is 41.0 Å². The van der Waals surface area contributed by atoms with E-state index in [1.54, 1.807) is 0 Å². The first-order chi connectivity index (χ1) is 17.0. The van der Waals surface area contributed by atoms with E-state index in [9.17, 15) is 0 Å². The van der Waals surface area contributed by atoms with Gasteiger partial charge in [-0.2, -0.15) is 0 Å². The van der Waals surface area contributed by atoms with Gasteiger partial charge >= 0.3 is 0 Å². The lowest BCUT2D eigenvalue weighted by Crippen LogP contribution is -2.20. The maximum atomic E-state index is 6.34. The van der Waals surface area contributed by atoms with Gasteiger partial charge in [-0.1, -0.05) is 72.6 Å². The Balaban J connectivity index is 1.39. The summed E-state index contributed by atoms with van der Waals surface area (Å²) in [5.41, 5.74) is 7.93. The molecule has 178 valence electrons. The van der Waals surface area contributed by atoms with Crippen molar-refractivity contribution in [1.82, 2.24) is 14.9 Å². The molecule has 0 saturated heterocycles. The number of rotatable bonds is 7. The Hall–Kier alpha value is -2.92. The van der Waals surface area contributed by atoms with Crippen LogP contribution in [0.1, 0.15) is 35.1 Å².